The highest BCUT2D eigenvalue weighted by atomic mass is 16.6. The highest BCUT2D eigenvalue weighted by Gasteiger charge is 2.19. The molecule has 0 saturated heterocycles. The van der Waals surface area contributed by atoms with Crippen LogP contribution in [0.2, 0.25) is 0 Å². The summed E-state index contributed by atoms with van der Waals surface area (Å²) in [5, 5.41) is 0. The van der Waals surface area contributed by atoms with Gasteiger partial charge in [0.15, 0.2) is 6.10 Å². The Bertz CT molecular complexity index is 1510. The van der Waals surface area contributed by atoms with Gasteiger partial charge in [0.2, 0.25) is 0 Å². The van der Waals surface area contributed by atoms with Gasteiger partial charge in [-0.2, -0.15) is 0 Å². The average Bonchev–Trinajstić information content (AvgIpc) is 3.28. The minimum absolute atomic E-state index is 0.108. The molecule has 0 bridgehead atoms. The van der Waals surface area contributed by atoms with Gasteiger partial charge in [-0.15, -0.1) is 0 Å². The van der Waals surface area contributed by atoms with E-state index in [2.05, 4.69) is 167 Å². The van der Waals surface area contributed by atoms with E-state index in [0.717, 1.165) is 116 Å². The van der Waals surface area contributed by atoms with E-state index in [9.17, 15) is 14.4 Å². The second-order valence-electron chi connectivity index (χ2n) is 14.9. The maximum Gasteiger partial charge on any atom is 0.309 e. The van der Waals surface area contributed by atoms with Crippen LogP contribution in [-0.2, 0) is 28.6 Å². The quantitative estimate of drug-likeness (QED) is 0.0264. The fourth-order valence-electron chi connectivity index (χ4n) is 5.56. The molecule has 0 rings (SSSR count). The molecular weight excluding hydrogens is 781 g/mol. The van der Waals surface area contributed by atoms with Crippen molar-refractivity contribution in [1.82, 2.24) is 0 Å². The largest absolute Gasteiger partial charge is 0.462 e. The number of hydrogen-bond donors (Lipinski definition) is 0. The van der Waals surface area contributed by atoms with Crippen molar-refractivity contribution >= 4 is 17.9 Å². The molecule has 6 nitrogen and oxygen atoms in total. The molecule has 0 aliphatic rings. The van der Waals surface area contributed by atoms with Crippen LogP contribution < -0.4 is 0 Å². The smallest absolute Gasteiger partial charge is 0.309 e. The lowest BCUT2D eigenvalue weighted by Crippen LogP contribution is -2.30. The van der Waals surface area contributed by atoms with Gasteiger partial charge < -0.3 is 14.2 Å². The van der Waals surface area contributed by atoms with Crippen molar-refractivity contribution in [2.24, 2.45) is 0 Å². The zero-order valence-electron chi connectivity index (χ0n) is 39.5. The Labute approximate surface area is 384 Å². The van der Waals surface area contributed by atoms with Crippen LogP contribution in [0.15, 0.2) is 158 Å². The summed E-state index contributed by atoms with van der Waals surface area (Å²) < 4.78 is 16.5. The molecule has 1 unspecified atom stereocenters. The summed E-state index contributed by atoms with van der Waals surface area (Å²) in [5.41, 5.74) is 0. The molecule has 0 aromatic carbocycles. The van der Waals surface area contributed by atoms with Crippen LogP contribution in [0, 0.1) is 0 Å². The summed E-state index contributed by atoms with van der Waals surface area (Å²) in [6.07, 6.45) is 72.7. The predicted octanol–water partition coefficient (Wildman–Crippen LogP) is 15.9. The maximum absolute atomic E-state index is 12.7. The second kappa shape index (κ2) is 49.7. The number of esters is 3. The number of carbonyl (C=O) groups is 3. The van der Waals surface area contributed by atoms with Crippen LogP contribution in [-0.4, -0.2) is 37.2 Å². The fraction of sp³-hybridized carbons (Fsp3) is 0.491. The van der Waals surface area contributed by atoms with E-state index in [4.69, 9.17) is 14.2 Å². The van der Waals surface area contributed by atoms with Gasteiger partial charge in [-0.1, -0.05) is 185 Å². The number of carbonyl (C=O) groups excluding carboxylic acids is 3. The van der Waals surface area contributed by atoms with Crippen LogP contribution in [0.3, 0.4) is 0 Å². The standard InChI is InChI=1S/C57H84O6/c1-4-7-10-13-16-19-21-23-25-27-28-30-31-33-35-38-41-44-47-50-56(59)62-53-54(52-61-55(58)49-46-43-40-37-18-15-12-9-6-3)63-57(60)51-48-45-42-39-36-34-32-29-26-24-22-20-17-14-11-8-5-2/h7-12,16-20,23-26,28,30,32-35,37,39,42-43,46,54H,4-6,13-15,21-22,27,29,31,36,38,40-41,44-45,47-53H2,1-3H3/b10-7-,11-8-,12-9-,19-16-,20-17-,25-23-,26-24-,30-28-,34-32-,35-33-,37-18-,42-39-,46-43-. The molecule has 0 heterocycles. The number of allylic oxidation sites excluding steroid dienone is 25. The molecule has 0 aliphatic carbocycles. The Balaban J connectivity index is 4.59. The minimum Gasteiger partial charge on any atom is -0.462 e. The van der Waals surface area contributed by atoms with Crippen LogP contribution >= 0.6 is 0 Å². The zero-order chi connectivity index (χ0) is 45.8. The van der Waals surface area contributed by atoms with Crippen molar-refractivity contribution in [2.45, 2.75) is 168 Å². The Morgan fingerprint density at radius 1 is 0.333 bits per heavy atom. The summed E-state index contributed by atoms with van der Waals surface area (Å²) in [7, 11) is 0. The van der Waals surface area contributed by atoms with Gasteiger partial charge in [0, 0.05) is 12.8 Å². The molecular formula is C57H84O6. The van der Waals surface area contributed by atoms with E-state index in [1.54, 1.807) is 6.08 Å². The van der Waals surface area contributed by atoms with Crippen molar-refractivity contribution in [3.8, 4) is 0 Å². The Hall–Kier alpha value is -4.97. The maximum atomic E-state index is 12.7. The summed E-state index contributed by atoms with van der Waals surface area (Å²) >= 11 is 0. The molecule has 0 amide bonds. The van der Waals surface area contributed by atoms with Gasteiger partial charge in [-0.25, -0.2) is 0 Å². The molecule has 6 heteroatoms. The summed E-state index contributed by atoms with van der Waals surface area (Å²) in [6.45, 7) is 6.07. The molecule has 0 N–H and O–H groups in total. The molecule has 0 aromatic heterocycles. The molecule has 63 heavy (non-hydrogen) atoms. The number of rotatable bonds is 40. The highest BCUT2D eigenvalue weighted by molar-refractivity contribution is 5.72. The van der Waals surface area contributed by atoms with E-state index in [0.29, 0.717) is 6.42 Å². The third-order valence-corrected chi connectivity index (χ3v) is 9.04. The van der Waals surface area contributed by atoms with E-state index in [1.165, 1.54) is 0 Å². The SMILES string of the molecule is CC/C=C\C/C=C\C/C=C\C/C=C\C/C=C\CCCCCC(=O)OCC(COC(=O)C/C=C\C/C=C\C/C=C\CC)OC(=O)CCC/C=C\C/C=C\C/C=C\C/C=C\C/C=C\CC. The lowest BCUT2D eigenvalue weighted by molar-refractivity contribution is -0.166. The van der Waals surface area contributed by atoms with Crippen molar-refractivity contribution in [2.75, 3.05) is 13.2 Å². The summed E-state index contributed by atoms with van der Waals surface area (Å²) in [5.74, 6) is -1.19. The average molecular weight is 865 g/mol. The first-order valence-electron chi connectivity index (χ1n) is 24.0. The first-order valence-corrected chi connectivity index (χ1v) is 24.0. The van der Waals surface area contributed by atoms with Crippen molar-refractivity contribution in [3.63, 3.8) is 0 Å². The minimum atomic E-state index is -0.863. The predicted molar refractivity (Wildman–Crippen MR) is 269 cm³/mol. The van der Waals surface area contributed by atoms with Gasteiger partial charge in [0.1, 0.15) is 13.2 Å². The van der Waals surface area contributed by atoms with E-state index in [1.807, 2.05) is 6.08 Å². The fourth-order valence-corrected chi connectivity index (χ4v) is 5.56. The molecule has 0 spiro atoms. The first-order chi connectivity index (χ1) is 31.0. The summed E-state index contributed by atoms with van der Waals surface area (Å²) in [4.78, 5) is 37.7. The van der Waals surface area contributed by atoms with Crippen LogP contribution in [0.25, 0.3) is 0 Å². The Morgan fingerprint density at radius 2 is 0.651 bits per heavy atom. The third-order valence-electron chi connectivity index (χ3n) is 9.04. The van der Waals surface area contributed by atoms with Crippen LogP contribution in [0.5, 0.6) is 0 Å². The monoisotopic (exact) mass is 865 g/mol. The molecule has 348 valence electrons. The number of ether oxygens (including phenoxy) is 3. The van der Waals surface area contributed by atoms with E-state index < -0.39 is 18.0 Å². The number of hydrogen-bond acceptors (Lipinski definition) is 6. The normalized spacial score (nSPS) is 13.5. The zero-order valence-corrected chi connectivity index (χ0v) is 39.5. The molecule has 0 aromatic rings. The summed E-state index contributed by atoms with van der Waals surface area (Å²) in [6, 6.07) is 0. The molecule has 0 aliphatic heterocycles. The first kappa shape index (κ1) is 58.0. The van der Waals surface area contributed by atoms with Gasteiger partial charge >= 0.3 is 17.9 Å². The highest BCUT2D eigenvalue weighted by Crippen LogP contribution is 2.09. The molecule has 0 saturated carbocycles. The van der Waals surface area contributed by atoms with E-state index >= 15 is 0 Å². The lowest BCUT2D eigenvalue weighted by atomic mass is 10.1. The third kappa shape index (κ3) is 47.9. The van der Waals surface area contributed by atoms with Gasteiger partial charge in [0.05, 0.1) is 6.42 Å². The topological polar surface area (TPSA) is 78.9 Å². The Morgan fingerprint density at radius 3 is 1.05 bits per heavy atom. The van der Waals surface area contributed by atoms with Gasteiger partial charge in [0.25, 0.3) is 0 Å². The van der Waals surface area contributed by atoms with Crippen LogP contribution in [0.4, 0.5) is 0 Å². The van der Waals surface area contributed by atoms with Crippen molar-refractivity contribution in [3.05, 3.63) is 158 Å². The van der Waals surface area contributed by atoms with Crippen molar-refractivity contribution in [1.29, 1.82) is 0 Å². The molecule has 0 fully saturated rings. The Kier molecular flexibility index (Phi) is 45.8. The molecule has 0 radical (unpaired) electrons. The number of unbranched alkanes of at least 4 members (excludes halogenated alkanes) is 4. The van der Waals surface area contributed by atoms with Gasteiger partial charge in [-0.05, 0) is 116 Å². The molecule has 1 atom stereocenters. The lowest BCUT2D eigenvalue weighted by Gasteiger charge is -2.18. The van der Waals surface area contributed by atoms with Crippen molar-refractivity contribution < 1.29 is 28.6 Å². The van der Waals surface area contributed by atoms with E-state index in [-0.39, 0.29) is 38.4 Å². The van der Waals surface area contributed by atoms with Crippen LogP contribution in [0.1, 0.15) is 162 Å². The second-order valence-corrected chi connectivity index (χ2v) is 14.9. The van der Waals surface area contributed by atoms with Gasteiger partial charge in [-0.3, -0.25) is 14.4 Å².